The lowest BCUT2D eigenvalue weighted by molar-refractivity contribution is 0.751. The van der Waals surface area contributed by atoms with E-state index in [4.69, 9.17) is 5.73 Å². The van der Waals surface area contributed by atoms with Gasteiger partial charge in [0.15, 0.2) is 0 Å². The second kappa shape index (κ2) is 6.23. The molecule has 0 spiro atoms. The van der Waals surface area contributed by atoms with Crippen LogP contribution in [-0.2, 0) is 6.54 Å². The summed E-state index contributed by atoms with van der Waals surface area (Å²) < 4.78 is 0. The number of hydrogen-bond donors (Lipinski definition) is 1. The Morgan fingerprint density at radius 2 is 2.05 bits per heavy atom. The maximum Gasteiger partial charge on any atom is 0.131 e. The van der Waals surface area contributed by atoms with Gasteiger partial charge in [-0.3, -0.25) is 0 Å². The molecule has 2 N–H and O–H groups in total. The molecule has 0 saturated heterocycles. The number of nitrogens with zero attached hydrogens (tertiary/aromatic N) is 2. The average Bonchev–Trinajstić information content (AvgIpc) is 2.39. The quantitative estimate of drug-likeness (QED) is 0.833. The van der Waals surface area contributed by atoms with E-state index in [9.17, 15) is 0 Å². The summed E-state index contributed by atoms with van der Waals surface area (Å²) in [4.78, 5) is 6.82. The molecule has 1 aromatic carbocycles. The van der Waals surface area contributed by atoms with Crippen LogP contribution in [0, 0.1) is 6.92 Å². The van der Waals surface area contributed by atoms with Gasteiger partial charge in [-0.05, 0) is 42.7 Å². The zero-order valence-corrected chi connectivity index (χ0v) is 11.6. The third-order valence-corrected chi connectivity index (χ3v) is 3.10. The van der Waals surface area contributed by atoms with Crippen molar-refractivity contribution >= 4 is 11.5 Å². The number of anilines is 2. The van der Waals surface area contributed by atoms with Gasteiger partial charge in [-0.2, -0.15) is 0 Å². The highest BCUT2D eigenvalue weighted by Gasteiger charge is 2.10. The Morgan fingerprint density at radius 1 is 1.21 bits per heavy atom. The molecule has 0 saturated carbocycles. The van der Waals surface area contributed by atoms with Gasteiger partial charge in [-0.15, -0.1) is 0 Å². The molecule has 0 aliphatic rings. The molecular weight excluding hydrogens is 234 g/mol. The minimum Gasteiger partial charge on any atom is -0.399 e. The van der Waals surface area contributed by atoms with Crippen LogP contribution in [0.25, 0.3) is 0 Å². The molecule has 0 fully saturated rings. The van der Waals surface area contributed by atoms with E-state index < -0.39 is 0 Å². The van der Waals surface area contributed by atoms with E-state index in [1.54, 1.807) is 0 Å². The van der Waals surface area contributed by atoms with Gasteiger partial charge in [0.05, 0.1) is 0 Å². The molecule has 2 rings (SSSR count). The Kier molecular flexibility index (Phi) is 4.39. The summed E-state index contributed by atoms with van der Waals surface area (Å²) in [5.74, 6) is 1.06. The standard InChI is InChI=1S/C16H21N3/c1-3-10-19(16-13(2)6-5-9-18-16)12-14-7-4-8-15(17)11-14/h4-9,11H,3,10,12,17H2,1-2H3. The second-order valence-corrected chi connectivity index (χ2v) is 4.81. The van der Waals surface area contributed by atoms with Gasteiger partial charge in [-0.25, -0.2) is 4.98 Å². The zero-order chi connectivity index (χ0) is 13.7. The fourth-order valence-electron chi connectivity index (χ4n) is 2.25. The molecule has 0 bridgehead atoms. The SMILES string of the molecule is CCCN(Cc1cccc(N)c1)c1ncccc1C. The highest BCUT2D eigenvalue weighted by atomic mass is 15.2. The maximum atomic E-state index is 5.84. The van der Waals surface area contributed by atoms with Crippen LogP contribution >= 0.6 is 0 Å². The summed E-state index contributed by atoms with van der Waals surface area (Å²) >= 11 is 0. The first-order valence-electron chi connectivity index (χ1n) is 6.71. The van der Waals surface area contributed by atoms with Gasteiger partial charge in [-0.1, -0.05) is 25.1 Å². The predicted octanol–water partition coefficient (Wildman–Crippen LogP) is 3.39. The normalized spacial score (nSPS) is 10.4. The van der Waals surface area contributed by atoms with Crippen LogP contribution in [0.5, 0.6) is 0 Å². The Bertz CT molecular complexity index is 537. The summed E-state index contributed by atoms with van der Waals surface area (Å²) in [6.07, 6.45) is 2.95. The molecule has 2 aromatic rings. The maximum absolute atomic E-state index is 5.84. The van der Waals surface area contributed by atoms with Crippen molar-refractivity contribution in [1.29, 1.82) is 0 Å². The molecule has 0 amide bonds. The Hall–Kier alpha value is -2.03. The zero-order valence-electron chi connectivity index (χ0n) is 11.6. The average molecular weight is 255 g/mol. The van der Waals surface area contributed by atoms with Crippen LogP contribution in [0.3, 0.4) is 0 Å². The van der Waals surface area contributed by atoms with Crippen LogP contribution in [0.1, 0.15) is 24.5 Å². The highest BCUT2D eigenvalue weighted by Crippen LogP contribution is 2.19. The lowest BCUT2D eigenvalue weighted by Gasteiger charge is -2.25. The lowest BCUT2D eigenvalue weighted by atomic mass is 10.1. The fourth-order valence-corrected chi connectivity index (χ4v) is 2.25. The first-order chi connectivity index (χ1) is 9.20. The second-order valence-electron chi connectivity index (χ2n) is 4.81. The minimum absolute atomic E-state index is 0.812. The van der Waals surface area contributed by atoms with Crippen molar-refractivity contribution in [2.45, 2.75) is 26.8 Å². The number of aromatic nitrogens is 1. The summed E-state index contributed by atoms with van der Waals surface area (Å²) in [5.41, 5.74) is 9.08. The number of nitrogen functional groups attached to an aromatic ring is 1. The molecule has 0 unspecified atom stereocenters. The molecule has 1 heterocycles. The highest BCUT2D eigenvalue weighted by molar-refractivity contribution is 5.48. The number of hydrogen-bond acceptors (Lipinski definition) is 3. The van der Waals surface area contributed by atoms with Crippen LogP contribution in [0.2, 0.25) is 0 Å². The molecule has 3 nitrogen and oxygen atoms in total. The third-order valence-electron chi connectivity index (χ3n) is 3.10. The summed E-state index contributed by atoms with van der Waals surface area (Å²) in [5, 5.41) is 0. The molecule has 0 aliphatic heterocycles. The summed E-state index contributed by atoms with van der Waals surface area (Å²) in [6, 6.07) is 12.1. The topological polar surface area (TPSA) is 42.1 Å². The van der Waals surface area contributed by atoms with Crippen LogP contribution in [0.4, 0.5) is 11.5 Å². The number of rotatable bonds is 5. The Balaban J connectivity index is 2.24. The van der Waals surface area contributed by atoms with Gasteiger partial charge in [0, 0.05) is 25.0 Å². The van der Waals surface area contributed by atoms with E-state index in [0.29, 0.717) is 0 Å². The van der Waals surface area contributed by atoms with Crippen molar-refractivity contribution in [3.8, 4) is 0 Å². The van der Waals surface area contributed by atoms with Crippen LogP contribution in [0.15, 0.2) is 42.6 Å². The lowest BCUT2D eigenvalue weighted by Crippen LogP contribution is -2.25. The molecule has 19 heavy (non-hydrogen) atoms. The van der Waals surface area contributed by atoms with E-state index in [0.717, 1.165) is 31.0 Å². The van der Waals surface area contributed by atoms with Crippen LogP contribution < -0.4 is 10.6 Å². The number of benzene rings is 1. The smallest absolute Gasteiger partial charge is 0.131 e. The molecule has 3 heteroatoms. The van der Waals surface area contributed by atoms with Crippen molar-refractivity contribution in [1.82, 2.24) is 4.98 Å². The van der Waals surface area contributed by atoms with Crippen molar-refractivity contribution in [2.75, 3.05) is 17.2 Å². The molecule has 0 radical (unpaired) electrons. The first-order valence-corrected chi connectivity index (χ1v) is 6.71. The van der Waals surface area contributed by atoms with E-state index in [-0.39, 0.29) is 0 Å². The Labute approximate surface area is 115 Å². The van der Waals surface area contributed by atoms with E-state index in [2.05, 4.69) is 35.9 Å². The number of nitrogens with two attached hydrogens (primary N) is 1. The fraction of sp³-hybridized carbons (Fsp3) is 0.312. The number of aryl methyl sites for hydroxylation is 1. The van der Waals surface area contributed by atoms with Gasteiger partial charge < -0.3 is 10.6 Å². The van der Waals surface area contributed by atoms with E-state index in [1.807, 2.05) is 30.5 Å². The molecular formula is C16H21N3. The monoisotopic (exact) mass is 255 g/mol. The number of pyridine rings is 1. The van der Waals surface area contributed by atoms with Gasteiger partial charge in [0.2, 0.25) is 0 Å². The summed E-state index contributed by atoms with van der Waals surface area (Å²) in [6.45, 7) is 6.12. The third kappa shape index (κ3) is 3.47. The molecule has 0 aliphatic carbocycles. The predicted molar refractivity (Wildman–Crippen MR) is 81.2 cm³/mol. The van der Waals surface area contributed by atoms with Gasteiger partial charge >= 0.3 is 0 Å². The van der Waals surface area contributed by atoms with Crippen molar-refractivity contribution in [2.24, 2.45) is 0 Å². The van der Waals surface area contributed by atoms with Crippen molar-refractivity contribution < 1.29 is 0 Å². The van der Waals surface area contributed by atoms with E-state index in [1.165, 1.54) is 11.1 Å². The van der Waals surface area contributed by atoms with E-state index >= 15 is 0 Å². The van der Waals surface area contributed by atoms with Gasteiger partial charge in [0.25, 0.3) is 0 Å². The molecule has 1 aromatic heterocycles. The van der Waals surface area contributed by atoms with Crippen molar-refractivity contribution in [3.63, 3.8) is 0 Å². The van der Waals surface area contributed by atoms with Gasteiger partial charge in [0.1, 0.15) is 5.82 Å². The first kappa shape index (κ1) is 13.4. The van der Waals surface area contributed by atoms with Crippen LogP contribution in [-0.4, -0.2) is 11.5 Å². The largest absolute Gasteiger partial charge is 0.399 e. The Morgan fingerprint density at radius 3 is 2.74 bits per heavy atom. The summed E-state index contributed by atoms with van der Waals surface area (Å²) in [7, 11) is 0. The molecule has 0 atom stereocenters. The minimum atomic E-state index is 0.812. The van der Waals surface area contributed by atoms with Crippen molar-refractivity contribution in [3.05, 3.63) is 53.7 Å². The molecule has 100 valence electrons.